The van der Waals surface area contributed by atoms with Gasteiger partial charge in [-0.2, -0.15) is 0 Å². The molecule has 2 aromatic rings. The Bertz CT molecular complexity index is 641. The van der Waals surface area contributed by atoms with Gasteiger partial charge in [-0.05, 0) is 17.7 Å². The maximum absolute atomic E-state index is 13.2. The number of nitrogens with two attached hydrogens (primary N) is 1. The first-order chi connectivity index (χ1) is 9.61. The molecule has 0 bridgehead atoms. The van der Waals surface area contributed by atoms with Gasteiger partial charge in [-0.1, -0.05) is 0 Å². The molecule has 0 atom stereocenters. The number of hydrogen-bond acceptors (Lipinski definition) is 4. The minimum atomic E-state index is -0.612. The monoisotopic (exact) mass is 277 g/mol. The van der Waals surface area contributed by atoms with E-state index in [9.17, 15) is 8.78 Å². The van der Waals surface area contributed by atoms with Crippen molar-refractivity contribution in [3.05, 3.63) is 52.5 Å². The van der Waals surface area contributed by atoms with Crippen molar-refractivity contribution in [1.82, 2.24) is 9.97 Å². The first-order valence-corrected chi connectivity index (χ1v) is 6.28. The first-order valence-electron chi connectivity index (χ1n) is 6.28. The number of anilines is 1. The number of nitrogen functional groups attached to an aromatic ring is 1. The van der Waals surface area contributed by atoms with E-state index in [-0.39, 0.29) is 6.42 Å². The van der Waals surface area contributed by atoms with Gasteiger partial charge >= 0.3 is 0 Å². The third-order valence-corrected chi connectivity index (χ3v) is 3.19. The molecule has 2 N–H and O–H groups in total. The molecule has 0 saturated carbocycles. The summed E-state index contributed by atoms with van der Waals surface area (Å²) >= 11 is 0. The minimum Gasteiger partial charge on any atom is -0.383 e. The number of nitrogens with zero attached hydrogens (tertiary/aromatic N) is 2. The summed E-state index contributed by atoms with van der Waals surface area (Å²) in [6.45, 7) is 1.01. The fourth-order valence-corrected chi connectivity index (χ4v) is 2.28. The minimum absolute atomic E-state index is 0.243. The Kier molecular flexibility index (Phi) is 3.31. The maximum Gasteiger partial charge on any atom is 0.135 e. The molecule has 104 valence electrons. The molecule has 2 heterocycles. The van der Waals surface area contributed by atoms with Crippen LogP contribution in [0.5, 0.6) is 0 Å². The fraction of sp³-hybridized carbons (Fsp3) is 0.286. The summed E-state index contributed by atoms with van der Waals surface area (Å²) in [4.78, 5) is 8.60. The highest BCUT2D eigenvalue weighted by Crippen LogP contribution is 2.21. The van der Waals surface area contributed by atoms with Crippen molar-refractivity contribution in [2.45, 2.75) is 19.4 Å². The van der Waals surface area contributed by atoms with Gasteiger partial charge in [0.25, 0.3) is 0 Å². The van der Waals surface area contributed by atoms with Crippen molar-refractivity contribution < 1.29 is 13.5 Å². The third kappa shape index (κ3) is 2.60. The molecule has 1 aliphatic heterocycles. The highest BCUT2D eigenvalue weighted by molar-refractivity contribution is 5.43. The molecule has 3 rings (SSSR count). The third-order valence-electron chi connectivity index (χ3n) is 3.19. The van der Waals surface area contributed by atoms with Gasteiger partial charge in [-0.25, -0.2) is 18.7 Å². The molecule has 0 aliphatic carbocycles. The van der Waals surface area contributed by atoms with Crippen molar-refractivity contribution in [3.63, 3.8) is 0 Å². The standard InChI is InChI=1S/C14H13F2N3O/c15-9-3-8(4-10(16)6-9)5-13-18-12-1-2-20-7-11(12)14(17)19-13/h3-4,6H,1-2,5,7H2,(H2,17,18,19). The molecule has 20 heavy (non-hydrogen) atoms. The molecule has 6 heteroatoms. The summed E-state index contributed by atoms with van der Waals surface area (Å²) in [6.07, 6.45) is 0.916. The molecule has 0 spiro atoms. The second-order valence-electron chi connectivity index (χ2n) is 4.71. The zero-order chi connectivity index (χ0) is 14.1. The smallest absolute Gasteiger partial charge is 0.135 e. The number of rotatable bonds is 2. The van der Waals surface area contributed by atoms with Crippen LogP contribution in [-0.2, 0) is 24.2 Å². The number of halogens is 2. The van der Waals surface area contributed by atoms with E-state index in [4.69, 9.17) is 10.5 Å². The average molecular weight is 277 g/mol. The first kappa shape index (κ1) is 12.9. The summed E-state index contributed by atoms with van der Waals surface area (Å²) in [6, 6.07) is 3.37. The molecular formula is C14H13F2N3O. The lowest BCUT2D eigenvalue weighted by atomic mass is 10.1. The van der Waals surface area contributed by atoms with E-state index in [1.807, 2.05) is 0 Å². The van der Waals surface area contributed by atoms with Crippen LogP contribution in [-0.4, -0.2) is 16.6 Å². The molecule has 1 aromatic carbocycles. The van der Waals surface area contributed by atoms with Gasteiger partial charge in [0.2, 0.25) is 0 Å². The Hall–Kier alpha value is -2.08. The normalized spacial score (nSPS) is 14.1. The van der Waals surface area contributed by atoms with E-state index in [1.165, 1.54) is 12.1 Å². The molecule has 0 amide bonds. The molecule has 0 unspecified atom stereocenters. The van der Waals surface area contributed by atoms with Crippen molar-refractivity contribution >= 4 is 5.82 Å². The van der Waals surface area contributed by atoms with Gasteiger partial charge in [0.15, 0.2) is 0 Å². The second kappa shape index (κ2) is 5.13. The van der Waals surface area contributed by atoms with Crippen LogP contribution in [0.3, 0.4) is 0 Å². The zero-order valence-electron chi connectivity index (χ0n) is 10.7. The van der Waals surface area contributed by atoms with Crippen molar-refractivity contribution in [1.29, 1.82) is 0 Å². The molecular weight excluding hydrogens is 264 g/mol. The second-order valence-corrected chi connectivity index (χ2v) is 4.71. The Balaban J connectivity index is 1.92. The van der Waals surface area contributed by atoms with E-state index in [0.717, 1.165) is 17.3 Å². The summed E-state index contributed by atoms with van der Waals surface area (Å²) in [5, 5.41) is 0. The Morgan fingerprint density at radius 2 is 1.90 bits per heavy atom. The fourth-order valence-electron chi connectivity index (χ4n) is 2.28. The van der Waals surface area contributed by atoms with E-state index < -0.39 is 11.6 Å². The lowest BCUT2D eigenvalue weighted by molar-refractivity contribution is 0.109. The van der Waals surface area contributed by atoms with Gasteiger partial charge in [-0.15, -0.1) is 0 Å². The maximum atomic E-state index is 13.2. The van der Waals surface area contributed by atoms with E-state index in [2.05, 4.69) is 9.97 Å². The molecule has 4 nitrogen and oxygen atoms in total. The van der Waals surface area contributed by atoms with Crippen molar-refractivity contribution in [2.75, 3.05) is 12.3 Å². The average Bonchev–Trinajstić information content (AvgIpc) is 2.37. The Morgan fingerprint density at radius 1 is 1.15 bits per heavy atom. The largest absolute Gasteiger partial charge is 0.383 e. The SMILES string of the molecule is Nc1nc(Cc2cc(F)cc(F)c2)nc2c1COCC2. The number of fused-ring (bicyclic) bond motifs is 1. The highest BCUT2D eigenvalue weighted by Gasteiger charge is 2.16. The predicted octanol–water partition coefficient (Wildman–Crippen LogP) is 2.00. The summed E-state index contributed by atoms with van der Waals surface area (Å²) in [5.74, 6) is -0.381. The van der Waals surface area contributed by atoms with Crippen molar-refractivity contribution in [2.24, 2.45) is 0 Å². The number of ether oxygens (including phenoxy) is 1. The number of benzene rings is 1. The predicted molar refractivity (Wildman–Crippen MR) is 69.0 cm³/mol. The Labute approximate surface area is 114 Å². The lowest BCUT2D eigenvalue weighted by Crippen LogP contribution is -2.17. The number of aromatic nitrogens is 2. The van der Waals surface area contributed by atoms with Crippen molar-refractivity contribution in [3.8, 4) is 0 Å². The topological polar surface area (TPSA) is 61.0 Å². The van der Waals surface area contributed by atoms with Crippen LogP contribution >= 0.6 is 0 Å². The highest BCUT2D eigenvalue weighted by atomic mass is 19.1. The molecule has 0 radical (unpaired) electrons. The van der Waals surface area contributed by atoms with Crippen LogP contribution in [0, 0.1) is 11.6 Å². The molecule has 0 saturated heterocycles. The van der Waals surface area contributed by atoms with Gasteiger partial charge < -0.3 is 10.5 Å². The summed E-state index contributed by atoms with van der Waals surface area (Å²) in [5.41, 5.74) is 8.02. The van der Waals surface area contributed by atoms with Crippen LogP contribution in [0.15, 0.2) is 18.2 Å². The zero-order valence-corrected chi connectivity index (χ0v) is 10.7. The summed E-state index contributed by atoms with van der Waals surface area (Å²) < 4.78 is 31.6. The van der Waals surface area contributed by atoms with Crippen LogP contribution < -0.4 is 5.73 Å². The molecule has 1 aliphatic rings. The van der Waals surface area contributed by atoms with E-state index >= 15 is 0 Å². The van der Waals surface area contributed by atoms with Crippen LogP contribution in [0.1, 0.15) is 22.6 Å². The summed E-state index contributed by atoms with van der Waals surface area (Å²) in [7, 11) is 0. The lowest BCUT2D eigenvalue weighted by Gasteiger charge is -2.17. The van der Waals surface area contributed by atoms with Gasteiger partial charge in [0, 0.05) is 24.5 Å². The van der Waals surface area contributed by atoms with Gasteiger partial charge in [0.1, 0.15) is 23.3 Å². The molecule has 1 aromatic heterocycles. The van der Waals surface area contributed by atoms with E-state index in [0.29, 0.717) is 36.8 Å². The van der Waals surface area contributed by atoms with Gasteiger partial charge in [-0.3, -0.25) is 0 Å². The van der Waals surface area contributed by atoms with Crippen LogP contribution in [0.25, 0.3) is 0 Å². The van der Waals surface area contributed by atoms with Crippen LogP contribution in [0.4, 0.5) is 14.6 Å². The van der Waals surface area contributed by atoms with E-state index in [1.54, 1.807) is 0 Å². The Morgan fingerprint density at radius 3 is 2.65 bits per heavy atom. The van der Waals surface area contributed by atoms with Gasteiger partial charge in [0.05, 0.1) is 18.9 Å². The molecule has 0 fully saturated rings. The number of hydrogen-bond donors (Lipinski definition) is 1. The quantitative estimate of drug-likeness (QED) is 0.912. The van der Waals surface area contributed by atoms with Crippen LogP contribution in [0.2, 0.25) is 0 Å².